The number of aromatic amines is 1. The van der Waals surface area contributed by atoms with E-state index in [0.29, 0.717) is 12.4 Å². The lowest BCUT2D eigenvalue weighted by Crippen LogP contribution is -2.44. The van der Waals surface area contributed by atoms with Crippen molar-refractivity contribution < 1.29 is 18.7 Å². The number of nitrogens with one attached hydrogen (secondary N) is 1. The molecule has 1 heterocycles. The van der Waals surface area contributed by atoms with Crippen LogP contribution < -0.4 is 9.16 Å². The lowest BCUT2D eigenvalue weighted by Gasteiger charge is -2.37. The summed E-state index contributed by atoms with van der Waals surface area (Å²) in [5.74, 6) is 1.01. The molecule has 0 spiro atoms. The highest BCUT2D eigenvalue weighted by atomic mass is 28.4. The van der Waals surface area contributed by atoms with Gasteiger partial charge in [0.15, 0.2) is 11.5 Å². The fourth-order valence-corrected chi connectivity index (χ4v) is 4.20. The number of H-pyrrole nitrogens is 1. The largest absolute Gasteiger partial charge is 0.541 e. The Morgan fingerprint density at radius 2 is 1.88 bits per heavy atom. The molecule has 0 aliphatic heterocycles. The molecule has 0 aliphatic rings. The Labute approximate surface area is 191 Å². The molecule has 1 aromatic heterocycles. The third kappa shape index (κ3) is 5.07. The van der Waals surface area contributed by atoms with Gasteiger partial charge in [0.1, 0.15) is 0 Å². The number of methoxy groups -OCH3 is 1. The fourth-order valence-electron chi connectivity index (χ4n) is 3.17. The number of benzene rings is 2. The van der Waals surface area contributed by atoms with Crippen LogP contribution in [-0.4, -0.2) is 33.0 Å². The van der Waals surface area contributed by atoms with Crippen LogP contribution in [0.2, 0.25) is 18.1 Å². The van der Waals surface area contributed by atoms with Gasteiger partial charge in [-0.2, -0.15) is 0 Å². The quantitative estimate of drug-likeness (QED) is 0.244. The van der Waals surface area contributed by atoms with E-state index in [9.17, 15) is 4.79 Å². The molecule has 0 unspecified atom stereocenters. The Balaban J connectivity index is 2.18. The van der Waals surface area contributed by atoms with E-state index < -0.39 is 8.32 Å². The topological polar surface area (TPSA) is 60.6 Å². The molecule has 3 aromatic rings. The number of ether oxygens (including phenoxy) is 2. The summed E-state index contributed by atoms with van der Waals surface area (Å²) in [4.78, 5) is 15.1. The predicted octanol–water partition coefficient (Wildman–Crippen LogP) is 6.80. The van der Waals surface area contributed by atoms with Gasteiger partial charge in [0.05, 0.1) is 13.7 Å². The minimum Gasteiger partial charge on any atom is -0.541 e. The molecular weight excluding hydrogens is 418 g/mol. The lowest BCUT2D eigenvalue weighted by molar-refractivity contribution is -0.137. The number of carbonyl (C=O) groups is 1. The van der Waals surface area contributed by atoms with Crippen LogP contribution in [0.1, 0.15) is 33.3 Å². The summed E-state index contributed by atoms with van der Waals surface area (Å²) in [6.45, 7) is 13.2. The van der Waals surface area contributed by atoms with Crippen molar-refractivity contribution in [1.82, 2.24) is 4.98 Å². The third-order valence-electron chi connectivity index (χ3n) is 6.02. The second-order valence-electron chi connectivity index (χ2n) is 9.33. The Bertz CT molecular complexity index is 1140. The van der Waals surface area contributed by atoms with Gasteiger partial charge in [-0.05, 0) is 78.0 Å². The maximum atomic E-state index is 11.8. The zero-order chi connectivity index (χ0) is 23.5. The van der Waals surface area contributed by atoms with Crippen LogP contribution in [0.5, 0.6) is 11.5 Å². The van der Waals surface area contributed by atoms with Crippen molar-refractivity contribution in [3.8, 4) is 22.6 Å². The van der Waals surface area contributed by atoms with Gasteiger partial charge in [-0.25, -0.2) is 4.79 Å². The fraction of sp³-hybridized carbons (Fsp3) is 0.346. The number of hydrogen-bond acceptors (Lipinski definition) is 4. The van der Waals surface area contributed by atoms with E-state index in [1.165, 1.54) is 6.08 Å². The van der Waals surface area contributed by atoms with Crippen molar-refractivity contribution >= 4 is 31.3 Å². The predicted molar refractivity (Wildman–Crippen MR) is 134 cm³/mol. The average molecular weight is 452 g/mol. The lowest BCUT2D eigenvalue weighted by atomic mass is 9.99. The van der Waals surface area contributed by atoms with Gasteiger partial charge in [0.25, 0.3) is 8.32 Å². The first-order valence-corrected chi connectivity index (χ1v) is 13.8. The van der Waals surface area contributed by atoms with Gasteiger partial charge in [0, 0.05) is 23.4 Å². The van der Waals surface area contributed by atoms with E-state index in [4.69, 9.17) is 13.9 Å². The summed E-state index contributed by atoms with van der Waals surface area (Å²) in [5, 5.41) is 1.15. The molecular formula is C26H33NO4Si. The molecule has 3 rings (SSSR count). The first kappa shape index (κ1) is 23.7. The second kappa shape index (κ2) is 9.24. The van der Waals surface area contributed by atoms with Gasteiger partial charge in [-0.3, -0.25) is 0 Å². The number of aromatic nitrogens is 1. The van der Waals surface area contributed by atoms with Crippen molar-refractivity contribution in [2.75, 3.05) is 13.7 Å². The van der Waals surface area contributed by atoms with Gasteiger partial charge in [-0.1, -0.05) is 26.8 Å². The molecule has 0 radical (unpaired) electrons. The number of hydrogen-bond donors (Lipinski definition) is 1. The molecule has 0 fully saturated rings. The molecule has 0 saturated heterocycles. The zero-order valence-electron chi connectivity index (χ0n) is 20.0. The highest BCUT2D eigenvalue weighted by Crippen LogP contribution is 2.45. The number of esters is 1. The van der Waals surface area contributed by atoms with Crippen LogP contribution in [0.4, 0.5) is 0 Å². The van der Waals surface area contributed by atoms with Crippen LogP contribution in [0.3, 0.4) is 0 Å². The van der Waals surface area contributed by atoms with Crippen LogP contribution in [0, 0.1) is 0 Å². The van der Waals surface area contributed by atoms with Crippen molar-refractivity contribution in [2.45, 2.75) is 45.8 Å². The van der Waals surface area contributed by atoms with Gasteiger partial charge in [-0.15, -0.1) is 0 Å². The molecule has 0 atom stereocenters. The highest BCUT2D eigenvalue weighted by molar-refractivity contribution is 6.74. The zero-order valence-corrected chi connectivity index (χ0v) is 21.0. The molecule has 170 valence electrons. The maximum Gasteiger partial charge on any atom is 0.330 e. The van der Waals surface area contributed by atoms with Crippen LogP contribution in [0.15, 0.2) is 48.7 Å². The molecule has 32 heavy (non-hydrogen) atoms. The standard InChI is InChI=1S/C26H33NO4Si/c1-8-30-24(28)12-9-18-15-21(19-10-11-22-20(17-19)13-14-27-22)25(23(16-18)29-5)31-32(6,7)26(2,3)4/h9-17,27H,8H2,1-7H3. The van der Waals surface area contributed by atoms with E-state index in [2.05, 4.69) is 63.1 Å². The Morgan fingerprint density at radius 3 is 2.53 bits per heavy atom. The molecule has 6 heteroatoms. The van der Waals surface area contributed by atoms with Gasteiger partial charge >= 0.3 is 5.97 Å². The van der Waals surface area contributed by atoms with E-state index in [1.807, 2.05) is 18.3 Å². The molecule has 0 aliphatic carbocycles. The second-order valence-corrected chi connectivity index (χ2v) is 14.1. The third-order valence-corrected chi connectivity index (χ3v) is 10.4. The first-order valence-electron chi connectivity index (χ1n) is 10.9. The average Bonchev–Trinajstić information content (AvgIpc) is 3.19. The molecule has 0 bridgehead atoms. The van der Waals surface area contributed by atoms with E-state index in [0.717, 1.165) is 33.3 Å². The van der Waals surface area contributed by atoms with Crippen molar-refractivity contribution in [3.05, 3.63) is 54.2 Å². The van der Waals surface area contributed by atoms with E-state index >= 15 is 0 Å². The first-order chi connectivity index (χ1) is 15.1. The van der Waals surface area contributed by atoms with E-state index in [1.54, 1.807) is 20.1 Å². The Morgan fingerprint density at radius 1 is 1.12 bits per heavy atom. The van der Waals surface area contributed by atoms with Crippen molar-refractivity contribution in [1.29, 1.82) is 0 Å². The molecule has 5 nitrogen and oxygen atoms in total. The normalized spacial score (nSPS) is 12.3. The minimum atomic E-state index is -2.14. The summed E-state index contributed by atoms with van der Waals surface area (Å²) in [7, 11) is -0.496. The van der Waals surface area contributed by atoms with E-state index in [-0.39, 0.29) is 11.0 Å². The highest BCUT2D eigenvalue weighted by Gasteiger charge is 2.40. The van der Waals surface area contributed by atoms with Gasteiger partial charge in [0.2, 0.25) is 0 Å². The van der Waals surface area contributed by atoms with Crippen LogP contribution in [0.25, 0.3) is 28.1 Å². The number of carbonyl (C=O) groups excluding carboxylic acids is 1. The maximum absolute atomic E-state index is 11.8. The number of fused-ring (bicyclic) bond motifs is 1. The van der Waals surface area contributed by atoms with Crippen molar-refractivity contribution in [3.63, 3.8) is 0 Å². The van der Waals surface area contributed by atoms with Crippen LogP contribution in [-0.2, 0) is 9.53 Å². The summed E-state index contributed by atoms with van der Waals surface area (Å²) >= 11 is 0. The molecule has 0 amide bonds. The van der Waals surface area contributed by atoms with Crippen molar-refractivity contribution in [2.24, 2.45) is 0 Å². The summed E-state index contributed by atoms with van der Waals surface area (Å²) < 4.78 is 17.6. The summed E-state index contributed by atoms with van der Waals surface area (Å²) in [6, 6.07) is 12.3. The Kier molecular flexibility index (Phi) is 6.84. The smallest absolute Gasteiger partial charge is 0.330 e. The summed E-state index contributed by atoms with van der Waals surface area (Å²) in [5.41, 5.74) is 3.86. The number of rotatable bonds is 7. The van der Waals surface area contributed by atoms with Crippen LogP contribution >= 0.6 is 0 Å². The summed E-state index contributed by atoms with van der Waals surface area (Å²) in [6.07, 6.45) is 5.11. The molecule has 1 N–H and O–H groups in total. The SMILES string of the molecule is CCOC(=O)C=Cc1cc(OC)c(O[Si](C)(C)C(C)(C)C)c(-c2ccc3[nH]ccc3c2)c1. The molecule has 2 aromatic carbocycles. The Hall–Kier alpha value is -2.99. The monoisotopic (exact) mass is 451 g/mol. The minimum absolute atomic E-state index is 0.0301. The van der Waals surface area contributed by atoms with Gasteiger partial charge < -0.3 is 18.9 Å². The molecule has 0 saturated carbocycles.